The standard InChI is InChI=1S/C11H18N2O3/c1-6(11(14)15)7(2)12-5-10-8(3)13-16-9(10)4/h6-7,12H,5H2,1-4H3,(H,14,15)/t6-,7+/m0/s1. The fraction of sp³-hybridized carbons (Fsp3) is 0.636. The smallest absolute Gasteiger partial charge is 0.307 e. The Morgan fingerprint density at radius 2 is 2.12 bits per heavy atom. The number of hydrogen-bond donors (Lipinski definition) is 2. The Labute approximate surface area is 94.8 Å². The predicted octanol–water partition coefficient (Wildman–Crippen LogP) is 1.49. The van der Waals surface area contributed by atoms with Gasteiger partial charge in [-0.15, -0.1) is 0 Å². The number of nitrogens with zero attached hydrogens (tertiary/aromatic N) is 1. The first kappa shape index (κ1) is 12.7. The topological polar surface area (TPSA) is 75.4 Å². The Balaban J connectivity index is 2.55. The Hall–Kier alpha value is -1.36. The molecule has 0 amide bonds. The van der Waals surface area contributed by atoms with Crippen LogP contribution in [0.4, 0.5) is 0 Å². The van der Waals surface area contributed by atoms with Crippen molar-refractivity contribution in [3.63, 3.8) is 0 Å². The van der Waals surface area contributed by atoms with Crippen LogP contribution in [0.15, 0.2) is 4.52 Å². The molecular weight excluding hydrogens is 208 g/mol. The molecule has 0 saturated heterocycles. The van der Waals surface area contributed by atoms with E-state index in [1.807, 2.05) is 20.8 Å². The zero-order valence-electron chi connectivity index (χ0n) is 10.1. The lowest BCUT2D eigenvalue weighted by Gasteiger charge is -2.17. The molecular formula is C11H18N2O3. The average molecular weight is 226 g/mol. The van der Waals surface area contributed by atoms with E-state index >= 15 is 0 Å². The van der Waals surface area contributed by atoms with Crippen molar-refractivity contribution < 1.29 is 14.4 Å². The van der Waals surface area contributed by atoms with Crippen molar-refractivity contribution in [3.05, 3.63) is 17.0 Å². The van der Waals surface area contributed by atoms with Crippen LogP contribution in [0, 0.1) is 19.8 Å². The Bertz CT molecular complexity index is 354. The molecule has 2 atom stereocenters. The molecule has 0 unspecified atom stereocenters. The first-order valence-corrected chi connectivity index (χ1v) is 5.31. The summed E-state index contributed by atoms with van der Waals surface area (Å²) in [6, 6.07) is -0.0915. The first-order chi connectivity index (χ1) is 7.43. The van der Waals surface area contributed by atoms with Gasteiger partial charge in [-0.2, -0.15) is 0 Å². The van der Waals surface area contributed by atoms with Crippen LogP contribution in [0.25, 0.3) is 0 Å². The number of aromatic nitrogens is 1. The van der Waals surface area contributed by atoms with Crippen LogP contribution in [-0.4, -0.2) is 22.3 Å². The molecule has 0 fully saturated rings. The fourth-order valence-corrected chi connectivity index (χ4v) is 1.41. The highest BCUT2D eigenvalue weighted by Crippen LogP contribution is 2.12. The van der Waals surface area contributed by atoms with Crippen molar-refractivity contribution in [2.24, 2.45) is 5.92 Å². The summed E-state index contributed by atoms with van der Waals surface area (Å²) in [5, 5.41) is 15.9. The second-order valence-corrected chi connectivity index (χ2v) is 4.10. The van der Waals surface area contributed by atoms with Gasteiger partial charge in [-0.25, -0.2) is 0 Å². The lowest BCUT2D eigenvalue weighted by Crippen LogP contribution is -2.35. The number of rotatable bonds is 5. The highest BCUT2D eigenvalue weighted by atomic mass is 16.5. The lowest BCUT2D eigenvalue weighted by molar-refractivity contribution is -0.141. The predicted molar refractivity (Wildman–Crippen MR) is 59.1 cm³/mol. The molecule has 0 aliphatic rings. The lowest BCUT2D eigenvalue weighted by atomic mass is 10.0. The largest absolute Gasteiger partial charge is 0.481 e. The van der Waals surface area contributed by atoms with Crippen LogP contribution in [0.3, 0.4) is 0 Å². The number of carboxylic acid groups (broad SMARTS) is 1. The van der Waals surface area contributed by atoms with Gasteiger partial charge in [-0.05, 0) is 20.8 Å². The van der Waals surface area contributed by atoms with Crippen molar-refractivity contribution in [3.8, 4) is 0 Å². The monoisotopic (exact) mass is 226 g/mol. The van der Waals surface area contributed by atoms with E-state index in [-0.39, 0.29) is 6.04 Å². The molecule has 5 nitrogen and oxygen atoms in total. The van der Waals surface area contributed by atoms with Crippen LogP contribution in [-0.2, 0) is 11.3 Å². The summed E-state index contributed by atoms with van der Waals surface area (Å²) in [6.45, 7) is 7.85. The van der Waals surface area contributed by atoms with Crippen molar-refractivity contribution in [1.29, 1.82) is 0 Å². The fourth-order valence-electron chi connectivity index (χ4n) is 1.41. The van der Waals surface area contributed by atoms with E-state index in [0.717, 1.165) is 17.0 Å². The zero-order chi connectivity index (χ0) is 12.3. The van der Waals surface area contributed by atoms with E-state index in [0.29, 0.717) is 6.54 Å². The second kappa shape index (κ2) is 5.12. The van der Waals surface area contributed by atoms with Gasteiger partial charge in [0.05, 0.1) is 11.6 Å². The third kappa shape index (κ3) is 2.82. The van der Waals surface area contributed by atoms with Gasteiger partial charge >= 0.3 is 5.97 Å². The van der Waals surface area contributed by atoms with Gasteiger partial charge in [0.2, 0.25) is 0 Å². The molecule has 16 heavy (non-hydrogen) atoms. The van der Waals surface area contributed by atoms with Crippen molar-refractivity contribution in [2.45, 2.75) is 40.3 Å². The molecule has 2 N–H and O–H groups in total. The van der Waals surface area contributed by atoms with Gasteiger partial charge in [-0.1, -0.05) is 12.1 Å². The SMILES string of the molecule is Cc1noc(C)c1CN[C@H](C)[C@H](C)C(=O)O. The quantitative estimate of drug-likeness (QED) is 0.795. The van der Waals surface area contributed by atoms with E-state index in [9.17, 15) is 4.79 Å². The van der Waals surface area contributed by atoms with Crippen LogP contribution >= 0.6 is 0 Å². The highest BCUT2D eigenvalue weighted by molar-refractivity contribution is 5.70. The van der Waals surface area contributed by atoms with Crippen molar-refractivity contribution >= 4 is 5.97 Å². The first-order valence-electron chi connectivity index (χ1n) is 5.31. The van der Waals surface area contributed by atoms with E-state index in [4.69, 9.17) is 9.63 Å². The maximum Gasteiger partial charge on any atom is 0.307 e. The number of aliphatic carboxylic acids is 1. The summed E-state index contributed by atoms with van der Waals surface area (Å²) in [4.78, 5) is 10.8. The van der Waals surface area contributed by atoms with Gasteiger partial charge in [0.1, 0.15) is 5.76 Å². The minimum absolute atomic E-state index is 0.0915. The Morgan fingerprint density at radius 3 is 2.56 bits per heavy atom. The normalized spacial score (nSPS) is 14.8. The summed E-state index contributed by atoms with van der Waals surface area (Å²) >= 11 is 0. The van der Waals surface area contributed by atoms with Crippen LogP contribution in [0.2, 0.25) is 0 Å². The minimum Gasteiger partial charge on any atom is -0.481 e. The van der Waals surface area contributed by atoms with Gasteiger partial charge in [-0.3, -0.25) is 4.79 Å². The molecule has 90 valence electrons. The molecule has 0 aliphatic heterocycles. The van der Waals surface area contributed by atoms with E-state index in [1.54, 1.807) is 6.92 Å². The van der Waals surface area contributed by atoms with E-state index in [2.05, 4.69) is 10.5 Å². The highest BCUT2D eigenvalue weighted by Gasteiger charge is 2.19. The molecule has 0 saturated carbocycles. The van der Waals surface area contributed by atoms with Gasteiger partial charge < -0.3 is 14.9 Å². The van der Waals surface area contributed by atoms with E-state index < -0.39 is 11.9 Å². The zero-order valence-corrected chi connectivity index (χ0v) is 10.1. The molecule has 1 aromatic rings. The van der Waals surface area contributed by atoms with Gasteiger partial charge in [0.15, 0.2) is 0 Å². The van der Waals surface area contributed by atoms with Crippen LogP contribution in [0.5, 0.6) is 0 Å². The summed E-state index contributed by atoms with van der Waals surface area (Å²) in [7, 11) is 0. The molecule has 1 rings (SSSR count). The molecule has 0 bridgehead atoms. The molecule has 0 aliphatic carbocycles. The number of hydrogen-bond acceptors (Lipinski definition) is 4. The molecule has 0 spiro atoms. The maximum absolute atomic E-state index is 10.8. The van der Waals surface area contributed by atoms with E-state index in [1.165, 1.54) is 0 Å². The van der Waals surface area contributed by atoms with Crippen LogP contribution in [0.1, 0.15) is 30.9 Å². The van der Waals surface area contributed by atoms with Gasteiger partial charge in [0, 0.05) is 18.2 Å². The number of aryl methyl sites for hydroxylation is 2. The van der Waals surface area contributed by atoms with Crippen molar-refractivity contribution in [1.82, 2.24) is 10.5 Å². The molecule has 1 aromatic heterocycles. The van der Waals surface area contributed by atoms with Crippen molar-refractivity contribution in [2.75, 3.05) is 0 Å². The number of carbonyl (C=O) groups is 1. The summed E-state index contributed by atoms with van der Waals surface area (Å²) in [6.07, 6.45) is 0. The number of carboxylic acids is 1. The average Bonchev–Trinajstić information content (AvgIpc) is 2.54. The molecule has 1 heterocycles. The number of nitrogens with one attached hydrogen (secondary N) is 1. The summed E-state index contributed by atoms with van der Waals surface area (Å²) < 4.78 is 5.03. The summed E-state index contributed by atoms with van der Waals surface area (Å²) in [5.74, 6) is -0.431. The summed E-state index contributed by atoms with van der Waals surface area (Å²) in [5.41, 5.74) is 1.85. The minimum atomic E-state index is -0.793. The third-order valence-corrected chi connectivity index (χ3v) is 2.92. The second-order valence-electron chi connectivity index (χ2n) is 4.10. The van der Waals surface area contributed by atoms with Gasteiger partial charge in [0.25, 0.3) is 0 Å². The Morgan fingerprint density at radius 1 is 1.50 bits per heavy atom. The molecule has 5 heteroatoms. The maximum atomic E-state index is 10.8. The molecule has 0 aromatic carbocycles. The van der Waals surface area contributed by atoms with Crippen LogP contribution < -0.4 is 5.32 Å². The third-order valence-electron chi connectivity index (χ3n) is 2.92. The molecule has 0 radical (unpaired) electrons. The Kier molecular flexibility index (Phi) is 4.06.